The Balaban J connectivity index is 1.75. The van der Waals surface area contributed by atoms with Crippen LogP contribution in [-0.4, -0.2) is 32.2 Å². The van der Waals surface area contributed by atoms with Gasteiger partial charge in [-0.3, -0.25) is 9.89 Å². The molecule has 2 aromatic heterocycles. The number of carboxylic acid groups (broad SMARTS) is 1. The molecule has 0 fully saturated rings. The number of ketones is 1. The molecule has 0 amide bonds. The minimum Gasteiger partial charge on any atom is -0.508 e. The lowest BCUT2D eigenvalue weighted by Crippen LogP contribution is -2.03. The van der Waals surface area contributed by atoms with Gasteiger partial charge in [-0.15, -0.1) is 11.3 Å². The molecule has 4 rings (SSSR count). The highest BCUT2D eigenvalue weighted by atomic mass is 32.1. The lowest BCUT2D eigenvalue weighted by molar-refractivity contribution is -0.131. The Morgan fingerprint density at radius 2 is 1.93 bits per heavy atom. The van der Waals surface area contributed by atoms with Crippen molar-refractivity contribution in [1.29, 1.82) is 0 Å². The van der Waals surface area contributed by atoms with E-state index in [0.29, 0.717) is 37.7 Å². The van der Waals surface area contributed by atoms with Crippen molar-refractivity contribution in [3.8, 4) is 17.2 Å². The van der Waals surface area contributed by atoms with E-state index in [1.807, 2.05) is 0 Å². The first-order valence-corrected chi connectivity index (χ1v) is 9.73. The van der Waals surface area contributed by atoms with Crippen molar-refractivity contribution in [2.24, 2.45) is 0 Å². The van der Waals surface area contributed by atoms with Gasteiger partial charge in [-0.05, 0) is 54.5 Å². The highest BCUT2D eigenvalue weighted by Gasteiger charge is 2.24. The highest BCUT2D eigenvalue weighted by molar-refractivity contribution is 7.21. The fourth-order valence-electron chi connectivity index (χ4n) is 2.93. The second-order valence-corrected chi connectivity index (χ2v) is 7.59. The average Bonchev–Trinajstić information content (AvgIpc) is 3.30. The van der Waals surface area contributed by atoms with Crippen LogP contribution in [0, 0.1) is 6.92 Å². The first kappa shape index (κ1) is 19.4. The summed E-state index contributed by atoms with van der Waals surface area (Å²) >= 11 is 1.23. The van der Waals surface area contributed by atoms with Crippen LogP contribution in [0.5, 0.6) is 17.2 Å². The number of phenolic OH excluding ortho intramolecular Hbond substituents is 1. The van der Waals surface area contributed by atoms with Crippen LogP contribution in [0.3, 0.4) is 0 Å². The zero-order valence-corrected chi connectivity index (χ0v) is 16.6. The van der Waals surface area contributed by atoms with E-state index < -0.39 is 5.97 Å². The lowest BCUT2D eigenvalue weighted by Gasteiger charge is -2.08. The number of carboxylic acids is 1. The Labute approximate surface area is 174 Å². The number of aliphatic carboxylic acids is 1. The Kier molecular flexibility index (Phi) is 5.07. The quantitative estimate of drug-likeness (QED) is 0.306. The highest BCUT2D eigenvalue weighted by Crippen LogP contribution is 2.42. The topological polar surface area (TPSA) is 113 Å². The van der Waals surface area contributed by atoms with Crippen LogP contribution >= 0.6 is 11.3 Å². The van der Waals surface area contributed by atoms with Crippen LogP contribution in [0.25, 0.3) is 16.2 Å². The molecule has 0 aliphatic carbocycles. The second-order valence-electron chi connectivity index (χ2n) is 6.54. The fourth-order valence-corrected chi connectivity index (χ4v) is 4.04. The molecule has 0 saturated heterocycles. The molecule has 2 heterocycles. The third-order valence-corrected chi connectivity index (χ3v) is 5.54. The lowest BCUT2D eigenvalue weighted by atomic mass is 10.1. The maximum Gasteiger partial charge on any atom is 0.328 e. The standard InChI is InChI=1S/C22H16N2O5S/c1-12-11-23-24-19(12)20(28)22-21(16-8-5-14(25)10-17(16)30-22)29-15-6-2-13(3-7-15)4-9-18(26)27/h2-11,25H,1H3,(H,23,24)(H,26,27)/b9-4+. The van der Waals surface area contributed by atoms with E-state index in [1.165, 1.54) is 23.5 Å². The molecule has 3 N–H and O–H groups in total. The molecule has 0 unspecified atom stereocenters. The summed E-state index contributed by atoms with van der Waals surface area (Å²) in [4.78, 5) is 24.2. The molecule has 0 aliphatic heterocycles. The van der Waals surface area contributed by atoms with Crippen molar-refractivity contribution in [3.05, 3.63) is 76.4 Å². The number of ether oxygens (including phenoxy) is 1. The Bertz CT molecular complexity index is 1280. The normalized spacial score (nSPS) is 11.2. The van der Waals surface area contributed by atoms with Gasteiger partial charge in [0.05, 0.1) is 6.20 Å². The van der Waals surface area contributed by atoms with Gasteiger partial charge in [0.1, 0.15) is 22.1 Å². The minimum absolute atomic E-state index is 0.0987. The summed E-state index contributed by atoms with van der Waals surface area (Å²) in [6.45, 7) is 1.79. The van der Waals surface area contributed by atoms with Crippen LogP contribution < -0.4 is 4.74 Å². The molecule has 30 heavy (non-hydrogen) atoms. The molecule has 0 radical (unpaired) electrons. The summed E-state index contributed by atoms with van der Waals surface area (Å²) in [6.07, 6.45) is 4.11. The van der Waals surface area contributed by atoms with Crippen molar-refractivity contribution in [3.63, 3.8) is 0 Å². The molecule has 0 atom stereocenters. The zero-order valence-electron chi connectivity index (χ0n) is 15.7. The third kappa shape index (κ3) is 3.81. The summed E-state index contributed by atoms with van der Waals surface area (Å²) in [5, 5.41) is 25.9. The van der Waals surface area contributed by atoms with Crippen molar-refractivity contribution in [1.82, 2.24) is 10.2 Å². The predicted molar refractivity (Wildman–Crippen MR) is 113 cm³/mol. The molecular weight excluding hydrogens is 404 g/mol. The average molecular weight is 420 g/mol. The summed E-state index contributed by atoms with van der Waals surface area (Å²) in [5.74, 6) is -0.294. The number of carbonyl (C=O) groups is 2. The Hall–Kier alpha value is -3.91. The number of aromatic amines is 1. The van der Waals surface area contributed by atoms with Gasteiger partial charge in [-0.25, -0.2) is 4.79 Å². The van der Waals surface area contributed by atoms with Gasteiger partial charge >= 0.3 is 5.97 Å². The smallest absolute Gasteiger partial charge is 0.328 e. The van der Waals surface area contributed by atoms with E-state index in [-0.39, 0.29) is 11.5 Å². The number of aromatic nitrogens is 2. The Morgan fingerprint density at radius 3 is 2.60 bits per heavy atom. The molecule has 2 aromatic carbocycles. The van der Waals surface area contributed by atoms with Crippen molar-refractivity contribution >= 4 is 39.3 Å². The minimum atomic E-state index is -1.03. The number of rotatable bonds is 6. The van der Waals surface area contributed by atoms with Crippen LogP contribution in [0.4, 0.5) is 0 Å². The number of H-pyrrole nitrogens is 1. The van der Waals surface area contributed by atoms with Gasteiger partial charge in [0.15, 0.2) is 5.75 Å². The molecule has 8 heteroatoms. The van der Waals surface area contributed by atoms with Crippen LogP contribution in [0.1, 0.15) is 26.5 Å². The number of hydrogen-bond donors (Lipinski definition) is 3. The van der Waals surface area contributed by atoms with Crippen LogP contribution in [0.15, 0.2) is 54.7 Å². The molecule has 0 spiro atoms. The summed E-state index contributed by atoms with van der Waals surface area (Å²) in [7, 11) is 0. The largest absolute Gasteiger partial charge is 0.508 e. The van der Waals surface area contributed by atoms with E-state index in [9.17, 15) is 14.7 Å². The predicted octanol–water partition coefficient (Wildman–Crippen LogP) is 4.76. The van der Waals surface area contributed by atoms with Crippen LogP contribution in [-0.2, 0) is 4.79 Å². The SMILES string of the molecule is Cc1cn[nH]c1C(=O)c1sc2cc(O)ccc2c1Oc1ccc(/C=C/C(=O)O)cc1. The summed E-state index contributed by atoms with van der Waals surface area (Å²) < 4.78 is 6.79. The summed E-state index contributed by atoms with van der Waals surface area (Å²) in [6, 6.07) is 11.7. The van der Waals surface area contributed by atoms with E-state index >= 15 is 0 Å². The monoisotopic (exact) mass is 420 g/mol. The molecule has 150 valence electrons. The number of aryl methyl sites for hydroxylation is 1. The maximum atomic E-state index is 13.1. The second kappa shape index (κ2) is 7.84. The van der Waals surface area contributed by atoms with Gasteiger partial charge in [0.2, 0.25) is 5.78 Å². The Morgan fingerprint density at radius 1 is 1.17 bits per heavy atom. The number of aromatic hydroxyl groups is 1. The number of fused-ring (bicyclic) bond motifs is 1. The molecule has 0 saturated carbocycles. The third-order valence-electron chi connectivity index (χ3n) is 4.41. The van der Waals surface area contributed by atoms with Gasteiger partial charge in [0.25, 0.3) is 0 Å². The van der Waals surface area contributed by atoms with Crippen molar-refractivity contribution in [2.75, 3.05) is 0 Å². The molecule has 4 aromatic rings. The van der Waals surface area contributed by atoms with E-state index in [0.717, 1.165) is 11.6 Å². The number of nitrogens with one attached hydrogen (secondary N) is 1. The molecule has 7 nitrogen and oxygen atoms in total. The van der Waals surface area contributed by atoms with Gasteiger partial charge in [-0.2, -0.15) is 5.10 Å². The van der Waals surface area contributed by atoms with E-state index in [2.05, 4.69) is 10.2 Å². The number of thiophene rings is 1. The fraction of sp³-hybridized carbons (Fsp3) is 0.0455. The first-order chi connectivity index (χ1) is 14.4. The first-order valence-electron chi connectivity index (χ1n) is 8.91. The maximum absolute atomic E-state index is 13.1. The summed E-state index contributed by atoms with van der Waals surface area (Å²) in [5.41, 5.74) is 1.81. The molecule has 0 bridgehead atoms. The van der Waals surface area contributed by atoms with E-state index in [4.69, 9.17) is 9.84 Å². The van der Waals surface area contributed by atoms with Gasteiger partial charge in [-0.1, -0.05) is 12.1 Å². The van der Waals surface area contributed by atoms with Gasteiger partial charge in [0, 0.05) is 16.2 Å². The number of nitrogens with zero attached hydrogens (tertiary/aromatic N) is 1. The number of carbonyl (C=O) groups excluding carboxylic acids is 1. The number of benzene rings is 2. The number of hydrogen-bond acceptors (Lipinski definition) is 6. The molecule has 0 aliphatic rings. The van der Waals surface area contributed by atoms with Gasteiger partial charge < -0.3 is 14.9 Å². The number of phenols is 1. The molecular formula is C22H16N2O5S. The van der Waals surface area contributed by atoms with E-state index in [1.54, 1.807) is 49.5 Å². The zero-order chi connectivity index (χ0) is 21.3. The van der Waals surface area contributed by atoms with Crippen LogP contribution in [0.2, 0.25) is 0 Å². The van der Waals surface area contributed by atoms with Crippen molar-refractivity contribution in [2.45, 2.75) is 6.92 Å². The van der Waals surface area contributed by atoms with Crippen molar-refractivity contribution < 1.29 is 24.5 Å².